The maximum Gasteiger partial charge on any atom is 0.573 e. The van der Waals surface area contributed by atoms with Crippen LogP contribution in [0.2, 0.25) is 0 Å². The first-order valence-electron chi connectivity index (χ1n) is 9.11. The number of benzene rings is 2. The van der Waals surface area contributed by atoms with Gasteiger partial charge < -0.3 is 14.2 Å². The van der Waals surface area contributed by atoms with Gasteiger partial charge in [0.1, 0.15) is 5.75 Å². The Labute approximate surface area is 175 Å². The summed E-state index contributed by atoms with van der Waals surface area (Å²) in [7, 11) is 3.10. The lowest BCUT2D eigenvalue weighted by molar-refractivity contribution is -0.274. The summed E-state index contributed by atoms with van der Waals surface area (Å²) in [6.45, 7) is 0.375. The van der Waals surface area contributed by atoms with Gasteiger partial charge in [0, 0.05) is 28.8 Å². The van der Waals surface area contributed by atoms with Crippen LogP contribution < -0.4 is 14.2 Å². The molecule has 0 radical (unpaired) electrons. The second-order valence-electron chi connectivity index (χ2n) is 6.60. The molecule has 0 aliphatic heterocycles. The van der Waals surface area contributed by atoms with Gasteiger partial charge in [-0.3, -0.25) is 4.68 Å². The van der Waals surface area contributed by atoms with Crippen LogP contribution in [0.25, 0.3) is 22.0 Å². The first kappa shape index (κ1) is 20.5. The van der Waals surface area contributed by atoms with E-state index < -0.39 is 6.36 Å². The lowest BCUT2D eigenvalue weighted by atomic mass is 10.1. The normalized spacial score (nSPS) is 11.5. The van der Waals surface area contributed by atoms with Crippen LogP contribution in [0, 0.1) is 0 Å². The van der Waals surface area contributed by atoms with Gasteiger partial charge in [-0.05, 0) is 23.8 Å². The second kappa shape index (κ2) is 8.13. The van der Waals surface area contributed by atoms with Gasteiger partial charge in [0.05, 0.1) is 38.7 Å². The number of fused-ring (bicyclic) bond motifs is 1. The summed E-state index contributed by atoms with van der Waals surface area (Å²) < 4.78 is 53.2. The quantitative estimate of drug-likeness (QED) is 0.450. The number of rotatable bonds is 6. The summed E-state index contributed by atoms with van der Waals surface area (Å²) in [6.07, 6.45) is 0.437. The number of aromatic nitrogens is 4. The van der Waals surface area contributed by atoms with Gasteiger partial charge in [-0.2, -0.15) is 15.3 Å². The number of hydrogen-bond acceptors (Lipinski definition) is 6. The SMILES string of the molecule is COc1cc2nncc(-c3cnn(Cc4ccc(OC(F)(F)F)cc4)c3)c2cc1OC. The summed E-state index contributed by atoms with van der Waals surface area (Å²) >= 11 is 0. The maximum absolute atomic E-state index is 12.3. The van der Waals surface area contributed by atoms with Crippen LogP contribution in [0.3, 0.4) is 0 Å². The van der Waals surface area contributed by atoms with Crippen molar-refractivity contribution < 1.29 is 27.4 Å². The van der Waals surface area contributed by atoms with Crippen molar-refractivity contribution >= 4 is 10.9 Å². The molecule has 2 heterocycles. The highest BCUT2D eigenvalue weighted by Crippen LogP contribution is 2.35. The molecule has 0 saturated heterocycles. The third-order valence-electron chi connectivity index (χ3n) is 4.59. The minimum atomic E-state index is -4.72. The molecule has 0 bridgehead atoms. The fourth-order valence-electron chi connectivity index (χ4n) is 3.19. The van der Waals surface area contributed by atoms with Crippen LogP contribution in [-0.4, -0.2) is 40.6 Å². The van der Waals surface area contributed by atoms with Crippen molar-refractivity contribution in [3.8, 4) is 28.4 Å². The second-order valence-corrected chi connectivity index (χ2v) is 6.60. The third-order valence-corrected chi connectivity index (χ3v) is 4.59. The van der Waals surface area contributed by atoms with E-state index in [2.05, 4.69) is 20.0 Å². The Hall–Kier alpha value is -3.82. The first-order valence-corrected chi connectivity index (χ1v) is 9.11. The van der Waals surface area contributed by atoms with Gasteiger partial charge in [0.25, 0.3) is 0 Å². The van der Waals surface area contributed by atoms with Crippen molar-refractivity contribution in [1.82, 2.24) is 20.0 Å². The molecule has 2 aromatic carbocycles. The molecule has 160 valence electrons. The van der Waals surface area contributed by atoms with Crippen LogP contribution in [0.1, 0.15) is 5.56 Å². The third kappa shape index (κ3) is 4.52. The molecule has 0 N–H and O–H groups in total. The van der Waals surface area contributed by atoms with Crippen LogP contribution in [0.15, 0.2) is 55.0 Å². The molecule has 0 aliphatic rings. The minimum absolute atomic E-state index is 0.267. The number of hydrogen-bond donors (Lipinski definition) is 0. The molecule has 0 unspecified atom stereocenters. The van der Waals surface area contributed by atoms with Crippen molar-refractivity contribution in [2.24, 2.45) is 0 Å². The zero-order valence-electron chi connectivity index (χ0n) is 16.6. The van der Waals surface area contributed by atoms with E-state index in [4.69, 9.17) is 9.47 Å². The molecular formula is C21H17F3N4O3. The van der Waals surface area contributed by atoms with E-state index in [1.54, 1.807) is 49.5 Å². The average molecular weight is 430 g/mol. The molecule has 7 nitrogen and oxygen atoms in total. The van der Waals surface area contributed by atoms with Gasteiger partial charge in [0.15, 0.2) is 11.5 Å². The summed E-state index contributed by atoms with van der Waals surface area (Å²) in [5.41, 5.74) is 3.03. The van der Waals surface area contributed by atoms with E-state index in [-0.39, 0.29) is 5.75 Å². The minimum Gasteiger partial charge on any atom is -0.493 e. The summed E-state index contributed by atoms with van der Waals surface area (Å²) in [5, 5.41) is 13.4. The van der Waals surface area contributed by atoms with E-state index in [1.807, 2.05) is 12.3 Å². The van der Waals surface area contributed by atoms with Gasteiger partial charge >= 0.3 is 6.36 Å². The fraction of sp³-hybridized carbons (Fsp3) is 0.190. The average Bonchev–Trinajstić information content (AvgIpc) is 3.20. The van der Waals surface area contributed by atoms with Gasteiger partial charge in [-0.25, -0.2) is 0 Å². The Morgan fingerprint density at radius 1 is 0.968 bits per heavy atom. The molecule has 0 aliphatic carbocycles. The topological polar surface area (TPSA) is 71.3 Å². The van der Waals surface area contributed by atoms with E-state index in [0.29, 0.717) is 23.6 Å². The lowest BCUT2D eigenvalue weighted by Gasteiger charge is -2.10. The summed E-state index contributed by atoms with van der Waals surface area (Å²) in [5.74, 6) is 0.851. The number of halogens is 3. The largest absolute Gasteiger partial charge is 0.573 e. The molecule has 0 fully saturated rings. The molecule has 0 amide bonds. The highest BCUT2D eigenvalue weighted by atomic mass is 19.4. The van der Waals surface area contributed by atoms with Gasteiger partial charge in [0.2, 0.25) is 0 Å². The van der Waals surface area contributed by atoms with Crippen molar-refractivity contribution in [3.63, 3.8) is 0 Å². The number of ether oxygens (including phenoxy) is 3. The number of alkyl halides is 3. The molecule has 0 saturated carbocycles. The summed E-state index contributed by atoms with van der Waals surface area (Å²) in [4.78, 5) is 0. The lowest BCUT2D eigenvalue weighted by Crippen LogP contribution is -2.17. The Balaban J connectivity index is 1.60. The fourth-order valence-corrected chi connectivity index (χ4v) is 3.19. The van der Waals surface area contributed by atoms with Crippen LogP contribution in [0.4, 0.5) is 13.2 Å². The summed E-state index contributed by atoms with van der Waals surface area (Å²) in [6, 6.07) is 9.24. The van der Waals surface area contributed by atoms with E-state index in [9.17, 15) is 13.2 Å². The molecular weight excluding hydrogens is 413 g/mol. The van der Waals surface area contributed by atoms with Crippen molar-refractivity contribution in [2.45, 2.75) is 12.9 Å². The van der Waals surface area contributed by atoms with E-state index in [0.717, 1.165) is 22.1 Å². The van der Waals surface area contributed by atoms with Crippen molar-refractivity contribution in [3.05, 3.63) is 60.6 Å². The molecule has 31 heavy (non-hydrogen) atoms. The van der Waals surface area contributed by atoms with Gasteiger partial charge in [-0.1, -0.05) is 12.1 Å². The molecule has 0 atom stereocenters. The Kier molecular flexibility index (Phi) is 5.37. The molecule has 0 spiro atoms. The molecule has 10 heteroatoms. The van der Waals surface area contributed by atoms with Crippen molar-refractivity contribution in [2.75, 3.05) is 14.2 Å². The highest BCUT2D eigenvalue weighted by molar-refractivity contribution is 5.95. The first-order chi connectivity index (χ1) is 14.9. The number of methoxy groups -OCH3 is 2. The Morgan fingerprint density at radius 3 is 2.35 bits per heavy atom. The Bertz CT molecular complexity index is 1210. The molecule has 4 aromatic rings. The number of nitrogens with zero attached hydrogens (tertiary/aromatic N) is 4. The van der Waals surface area contributed by atoms with Gasteiger partial charge in [-0.15, -0.1) is 13.2 Å². The van der Waals surface area contributed by atoms with Crippen LogP contribution in [-0.2, 0) is 6.54 Å². The van der Waals surface area contributed by atoms with Crippen molar-refractivity contribution in [1.29, 1.82) is 0 Å². The standard InChI is InChI=1S/C21H17F3N4O3/c1-29-19-7-16-17(10-25-27-18(16)8-20(19)30-2)14-9-26-28(12-14)11-13-3-5-15(6-4-13)31-21(22,23)24/h3-10,12H,11H2,1-2H3. The Morgan fingerprint density at radius 2 is 1.68 bits per heavy atom. The zero-order valence-corrected chi connectivity index (χ0v) is 16.6. The van der Waals surface area contributed by atoms with E-state index in [1.165, 1.54) is 12.1 Å². The maximum atomic E-state index is 12.3. The highest BCUT2D eigenvalue weighted by Gasteiger charge is 2.30. The molecule has 4 rings (SSSR count). The zero-order chi connectivity index (χ0) is 22.0. The predicted octanol–water partition coefficient (Wildman–Crippen LogP) is 4.46. The van der Waals surface area contributed by atoms with E-state index >= 15 is 0 Å². The monoisotopic (exact) mass is 430 g/mol. The predicted molar refractivity (Wildman–Crippen MR) is 106 cm³/mol. The van der Waals surface area contributed by atoms with Crippen LogP contribution in [0.5, 0.6) is 17.2 Å². The van der Waals surface area contributed by atoms with Crippen LogP contribution >= 0.6 is 0 Å². The smallest absolute Gasteiger partial charge is 0.493 e. The molecule has 2 aromatic heterocycles.